The van der Waals surface area contributed by atoms with Crippen LogP contribution in [0, 0.1) is 23.7 Å². The fourth-order valence-corrected chi connectivity index (χ4v) is 4.91. The molecule has 36 heavy (non-hydrogen) atoms. The number of unbranched alkanes of at least 4 members (excludes halogenated alkanes) is 4. The van der Waals surface area contributed by atoms with E-state index in [1.165, 1.54) is 0 Å². The molecule has 0 amide bonds. The van der Waals surface area contributed by atoms with E-state index in [0.717, 1.165) is 57.8 Å². The Morgan fingerprint density at radius 1 is 0.667 bits per heavy atom. The van der Waals surface area contributed by atoms with Crippen LogP contribution in [0.5, 0.6) is 0 Å². The summed E-state index contributed by atoms with van der Waals surface area (Å²) in [4.78, 5) is 40.5. The Hall–Kier alpha value is -1.11. The van der Waals surface area contributed by atoms with Gasteiger partial charge in [-0.3, -0.25) is 14.4 Å². The second-order valence-corrected chi connectivity index (χ2v) is 11.6. The molecule has 0 fully saturated rings. The lowest BCUT2D eigenvalue weighted by molar-refractivity contribution is -0.197. The Balaban J connectivity index is 5.93. The zero-order valence-electron chi connectivity index (χ0n) is 24.3. The zero-order valence-corrected chi connectivity index (χ0v) is 24.3. The Morgan fingerprint density at radius 3 is 1.53 bits per heavy atom. The fourth-order valence-electron chi connectivity index (χ4n) is 4.91. The van der Waals surface area contributed by atoms with Gasteiger partial charge in [-0.25, -0.2) is 0 Å². The quantitative estimate of drug-likeness (QED) is 0.124. The largest absolute Gasteiger partial charge is 0.393 e. The van der Waals surface area contributed by atoms with E-state index in [0.29, 0.717) is 25.2 Å². The molecule has 0 spiro atoms. The molecule has 0 aliphatic rings. The average molecular weight is 513 g/mol. The lowest BCUT2D eigenvalue weighted by Gasteiger charge is -2.41. The smallest absolute Gasteiger partial charge is 0.220 e. The molecule has 4 unspecified atom stereocenters. The minimum Gasteiger partial charge on any atom is -0.393 e. The van der Waals surface area contributed by atoms with Crippen molar-refractivity contribution in [2.24, 2.45) is 23.7 Å². The number of ketones is 3. The molecule has 4 atom stereocenters. The third-order valence-corrected chi connectivity index (χ3v) is 7.72. The van der Waals surface area contributed by atoms with Crippen molar-refractivity contribution in [1.82, 2.24) is 0 Å². The number of aliphatic hydroxyl groups is 3. The van der Waals surface area contributed by atoms with Gasteiger partial charge in [0.25, 0.3) is 0 Å². The molecular formula is C30H56O6. The molecule has 3 N–H and O–H groups in total. The van der Waals surface area contributed by atoms with Gasteiger partial charge in [-0.2, -0.15) is 0 Å². The summed E-state index contributed by atoms with van der Waals surface area (Å²) < 4.78 is 0. The van der Waals surface area contributed by atoms with Gasteiger partial charge in [-0.15, -0.1) is 0 Å². The summed E-state index contributed by atoms with van der Waals surface area (Å²) in [5.41, 5.74) is -5.81. The molecule has 6 nitrogen and oxygen atoms in total. The van der Waals surface area contributed by atoms with Crippen LogP contribution in [-0.2, 0) is 14.4 Å². The van der Waals surface area contributed by atoms with Crippen LogP contribution in [0.1, 0.15) is 132 Å². The number of hydrogen-bond donors (Lipinski definition) is 3. The Labute approximate surface area is 220 Å². The topological polar surface area (TPSA) is 112 Å². The van der Waals surface area contributed by atoms with Gasteiger partial charge in [-0.1, -0.05) is 106 Å². The van der Waals surface area contributed by atoms with Crippen molar-refractivity contribution < 1.29 is 29.7 Å². The van der Waals surface area contributed by atoms with E-state index in [4.69, 9.17) is 0 Å². The SMILES string of the molecule is CCCCCC(C)C(=O)C(O)(C(=O)C(C)CCCCC)C(O)(CO)C(=O)CCC(C)CCCC(C)C. The monoisotopic (exact) mass is 512 g/mol. The van der Waals surface area contributed by atoms with E-state index in [-0.39, 0.29) is 12.3 Å². The molecule has 0 saturated heterocycles. The number of hydrogen-bond acceptors (Lipinski definition) is 6. The average Bonchev–Trinajstić information content (AvgIpc) is 2.84. The van der Waals surface area contributed by atoms with Gasteiger partial charge in [0.05, 0.1) is 6.61 Å². The second kappa shape index (κ2) is 17.4. The number of rotatable bonds is 22. The molecule has 0 radical (unpaired) electrons. The van der Waals surface area contributed by atoms with Crippen LogP contribution in [0.3, 0.4) is 0 Å². The highest BCUT2D eigenvalue weighted by Crippen LogP contribution is 2.35. The minimum absolute atomic E-state index is 0.114. The van der Waals surface area contributed by atoms with Crippen LogP contribution >= 0.6 is 0 Å². The molecule has 0 aromatic heterocycles. The van der Waals surface area contributed by atoms with Crippen LogP contribution in [0.4, 0.5) is 0 Å². The molecular weight excluding hydrogens is 456 g/mol. The Morgan fingerprint density at radius 2 is 1.14 bits per heavy atom. The van der Waals surface area contributed by atoms with Crippen molar-refractivity contribution in [2.75, 3.05) is 6.61 Å². The van der Waals surface area contributed by atoms with E-state index >= 15 is 0 Å². The van der Waals surface area contributed by atoms with E-state index in [1.54, 1.807) is 13.8 Å². The molecule has 0 aliphatic carbocycles. The summed E-state index contributed by atoms with van der Waals surface area (Å²) in [6.07, 6.45) is 9.43. The molecule has 0 aromatic rings. The summed E-state index contributed by atoms with van der Waals surface area (Å²) >= 11 is 0. The molecule has 0 rings (SSSR count). The third kappa shape index (κ3) is 9.98. The summed E-state index contributed by atoms with van der Waals surface area (Å²) in [5, 5.41) is 33.4. The van der Waals surface area contributed by atoms with Crippen molar-refractivity contribution in [3.05, 3.63) is 0 Å². The lowest BCUT2D eigenvalue weighted by Crippen LogP contribution is -2.71. The highest BCUT2D eigenvalue weighted by atomic mass is 16.4. The fraction of sp³-hybridized carbons (Fsp3) is 0.900. The maximum absolute atomic E-state index is 13.6. The summed E-state index contributed by atoms with van der Waals surface area (Å²) in [5.74, 6) is -3.21. The first-order valence-electron chi connectivity index (χ1n) is 14.5. The molecule has 0 heterocycles. The summed E-state index contributed by atoms with van der Waals surface area (Å²) in [6.45, 7) is 12.5. The van der Waals surface area contributed by atoms with Crippen LogP contribution in [-0.4, -0.2) is 50.5 Å². The van der Waals surface area contributed by atoms with Gasteiger partial charge in [0.15, 0.2) is 23.0 Å². The number of carbonyl (C=O) groups is 3. The van der Waals surface area contributed by atoms with Crippen LogP contribution in [0.2, 0.25) is 0 Å². The summed E-state index contributed by atoms with van der Waals surface area (Å²) in [6, 6.07) is 0. The first kappa shape index (κ1) is 34.9. The minimum atomic E-state index is -2.96. The number of Topliss-reactive ketones (excluding diaryl/α,β-unsaturated/α-hetero) is 3. The summed E-state index contributed by atoms with van der Waals surface area (Å²) in [7, 11) is 0. The molecule has 0 aliphatic heterocycles. The van der Waals surface area contributed by atoms with Crippen molar-refractivity contribution in [3.63, 3.8) is 0 Å². The first-order chi connectivity index (χ1) is 16.8. The van der Waals surface area contributed by atoms with Crippen molar-refractivity contribution in [2.45, 2.75) is 143 Å². The third-order valence-electron chi connectivity index (χ3n) is 7.72. The standard InChI is InChI=1S/C30H56O6/c1-8-10-12-17-24(6)27(33)30(36,28(34)25(7)18-13-11-9-2)29(35,21-31)26(32)20-19-23(5)16-14-15-22(3)4/h22-25,31,35-36H,8-21H2,1-7H3. The molecule has 0 saturated carbocycles. The van der Waals surface area contributed by atoms with E-state index < -0.39 is 47.0 Å². The van der Waals surface area contributed by atoms with Crippen molar-refractivity contribution in [1.29, 1.82) is 0 Å². The van der Waals surface area contributed by atoms with Gasteiger partial charge < -0.3 is 15.3 Å². The number of aliphatic hydroxyl groups excluding tert-OH is 1. The van der Waals surface area contributed by atoms with E-state index in [2.05, 4.69) is 13.8 Å². The van der Waals surface area contributed by atoms with Gasteiger partial charge in [-0.05, 0) is 31.1 Å². The maximum atomic E-state index is 13.6. The lowest BCUT2D eigenvalue weighted by atomic mass is 9.67. The highest BCUT2D eigenvalue weighted by Gasteiger charge is 2.64. The van der Waals surface area contributed by atoms with Crippen LogP contribution in [0.15, 0.2) is 0 Å². The second-order valence-electron chi connectivity index (χ2n) is 11.6. The van der Waals surface area contributed by atoms with E-state index in [9.17, 15) is 29.7 Å². The van der Waals surface area contributed by atoms with Crippen LogP contribution in [0.25, 0.3) is 0 Å². The predicted molar refractivity (Wildman–Crippen MR) is 146 cm³/mol. The molecule has 0 bridgehead atoms. The van der Waals surface area contributed by atoms with Gasteiger partial charge >= 0.3 is 0 Å². The molecule has 6 heteroatoms. The molecule has 0 aromatic carbocycles. The maximum Gasteiger partial charge on any atom is 0.220 e. The highest BCUT2D eigenvalue weighted by molar-refractivity contribution is 6.17. The van der Waals surface area contributed by atoms with Gasteiger partial charge in [0.1, 0.15) is 0 Å². The Bertz CT molecular complexity index is 630. The Kier molecular flexibility index (Phi) is 16.9. The van der Waals surface area contributed by atoms with Crippen molar-refractivity contribution >= 4 is 17.3 Å². The predicted octanol–water partition coefficient (Wildman–Crippen LogP) is 5.82. The van der Waals surface area contributed by atoms with Gasteiger partial charge in [0, 0.05) is 18.3 Å². The van der Waals surface area contributed by atoms with E-state index in [1.807, 2.05) is 20.8 Å². The first-order valence-corrected chi connectivity index (χ1v) is 14.5. The van der Waals surface area contributed by atoms with Crippen molar-refractivity contribution in [3.8, 4) is 0 Å². The zero-order chi connectivity index (χ0) is 27.9. The van der Waals surface area contributed by atoms with Crippen LogP contribution < -0.4 is 0 Å². The molecule has 212 valence electrons. The number of carbonyl (C=O) groups excluding carboxylic acids is 3. The normalized spacial score (nSPS) is 17.8. The van der Waals surface area contributed by atoms with Gasteiger partial charge in [0.2, 0.25) is 5.60 Å².